The van der Waals surface area contributed by atoms with Gasteiger partial charge in [0.1, 0.15) is 0 Å². The van der Waals surface area contributed by atoms with Crippen molar-refractivity contribution in [3.8, 4) is 11.8 Å². The quantitative estimate of drug-likeness (QED) is 0.649. The molecule has 28 heavy (non-hydrogen) atoms. The molecule has 0 spiro atoms. The monoisotopic (exact) mass is 376 g/mol. The summed E-state index contributed by atoms with van der Waals surface area (Å²) in [5.74, 6) is 6.29. The van der Waals surface area contributed by atoms with E-state index in [0.717, 1.165) is 34.4 Å². The van der Waals surface area contributed by atoms with Crippen LogP contribution in [0.1, 0.15) is 49.4 Å². The Hall–Kier alpha value is -2.87. The molecule has 0 bridgehead atoms. The van der Waals surface area contributed by atoms with Gasteiger partial charge in [0.15, 0.2) is 5.78 Å². The molecule has 0 saturated heterocycles. The maximum absolute atomic E-state index is 11.9. The van der Waals surface area contributed by atoms with Crippen LogP contribution >= 0.6 is 0 Å². The Labute approximate surface area is 167 Å². The van der Waals surface area contributed by atoms with E-state index >= 15 is 0 Å². The predicted molar refractivity (Wildman–Crippen MR) is 114 cm³/mol. The lowest BCUT2D eigenvalue weighted by Crippen LogP contribution is -2.47. The number of nitrogens with one attached hydrogen (secondary N) is 1. The lowest BCUT2D eigenvalue weighted by molar-refractivity contribution is -0.119. The van der Waals surface area contributed by atoms with E-state index in [-0.39, 0.29) is 18.4 Å². The number of rotatable bonds is 7. The van der Waals surface area contributed by atoms with E-state index in [1.807, 2.05) is 55.5 Å². The molecule has 2 aromatic rings. The molecule has 0 saturated carbocycles. The van der Waals surface area contributed by atoms with Crippen LogP contribution < -0.4 is 11.1 Å². The predicted octanol–water partition coefficient (Wildman–Crippen LogP) is 3.22. The zero-order valence-corrected chi connectivity index (χ0v) is 16.7. The summed E-state index contributed by atoms with van der Waals surface area (Å²) in [6.07, 6.45) is 2.90. The average Bonchev–Trinajstić information content (AvgIpc) is 2.69. The molecule has 0 aliphatic carbocycles. The van der Waals surface area contributed by atoms with Gasteiger partial charge in [-0.3, -0.25) is 4.79 Å². The number of aliphatic hydroxyl groups excluding tert-OH is 1. The highest BCUT2D eigenvalue weighted by Gasteiger charge is 2.19. The first-order valence-corrected chi connectivity index (χ1v) is 9.49. The molecule has 4 nitrogen and oxygen atoms in total. The molecule has 0 heterocycles. The minimum absolute atomic E-state index is 0.0201. The van der Waals surface area contributed by atoms with Crippen LogP contribution in [0, 0.1) is 11.8 Å². The van der Waals surface area contributed by atoms with Crippen LogP contribution in [0.3, 0.4) is 0 Å². The van der Waals surface area contributed by atoms with Gasteiger partial charge in [0.2, 0.25) is 0 Å². The number of allylic oxidation sites excluding steroid dienone is 1. The molecule has 0 aromatic heterocycles. The maximum atomic E-state index is 11.9. The van der Waals surface area contributed by atoms with E-state index in [2.05, 4.69) is 30.2 Å². The van der Waals surface area contributed by atoms with Crippen LogP contribution in [0.15, 0.2) is 54.6 Å². The van der Waals surface area contributed by atoms with Gasteiger partial charge in [-0.1, -0.05) is 49.1 Å². The number of nitrogens with two attached hydrogens (primary N) is 1. The highest BCUT2D eigenvalue weighted by molar-refractivity contribution is 5.84. The summed E-state index contributed by atoms with van der Waals surface area (Å²) in [7, 11) is 0. The van der Waals surface area contributed by atoms with Crippen LogP contribution in [0.4, 0.5) is 0 Å². The number of carbonyl (C=O) groups is 1. The first-order chi connectivity index (χ1) is 13.4. The summed E-state index contributed by atoms with van der Waals surface area (Å²) < 4.78 is 0. The summed E-state index contributed by atoms with van der Waals surface area (Å²) >= 11 is 0. The van der Waals surface area contributed by atoms with Crippen molar-refractivity contribution in [1.29, 1.82) is 0 Å². The molecule has 2 unspecified atom stereocenters. The Morgan fingerprint density at radius 2 is 1.64 bits per heavy atom. The molecule has 0 fully saturated rings. The Morgan fingerprint density at radius 3 is 2.07 bits per heavy atom. The molecule has 0 aliphatic heterocycles. The fourth-order valence-corrected chi connectivity index (χ4v) is 2.81. The number of hydrogen-bond acceptors (Lipinski definition) is 4. The van der Waals surface area contributed by atoms with Gasteiger partial charge in [0, 0.05) is 22.9 Å². The second kappa shape index (κ2) is 10.5. The van der Waals surface area contributed by atoms with E-state index in [1.165, 1.54) is 0 Å². The third-order valence-corrected chi connectivity index (χ3v) is 4.37. The SMILES string of the molecule is CC/C=C(/NC(C(C)=O)C(C)N)c1ccc(C#Cc2ccc(CO)cc2)cc1. The van der Waals surface area contributed by atoms with Gasteiger partial charge in [-0.2, -0.15) is 0 Å². The lowest BCUT2D eigenvalue weighted by Gasteiger charge is -2.23. The minimum Gasteiger partial charge on any atom is -0.392 e. The van der Waals surface area contributed by atoms with Crippen LogP contribution in [-0.4, -0.2) is 23.0 Å². The molecule has 4 heteroatoms. The zero-order valence-electron chi connectivity index (χ0n) is 16.7. The van der Waals surface area contributed by atoms with Crippen LogP contribution in [0.5, 0.6) is 0 Å². The van der Waals surface area contributed by atoms with Gasteiger partial charge in [-0.05, 0) is 55.7 Å². The second-order valence-corrected chi connectivity index (χ2v) is 6.80. The number of carbonyl (C=O) groups excluding carboxylic acids is 1. The number of ketones is 1. The molecule has 2 rings (SSSR count). The third kappa shape index (κ3) is 6.09. The van der Waals surface area contributed by atoms with E-state index in [4.69, 9.17) is 10.8 Å². The number of hydrogen-bond donors (Lipinski definition) is 3. The lowest BCUT2D eigenvalue weighted by atomic mass is 10.0. The van der Waals surface area contributed by atoms with Crippen molar-refractivity contribution in [3.05, 3.63) is 76.9 Å². The van der Waals surface area contributed by atoms with Gasteiger partial charge < -0.3 is 16.2 Å². The molecular formula is C24H28N2O2. The van der Waals surface area contributed by atoms with Crippen molar-refractivity contribution in [3.63, 3.8) is 0 Å². The van der Waals surface area contributed by atoms with E-state index < -0.39 is 6.04 Å². The van der Waals surface area contributed by atoms with Gasteiger partial charge in [0.25, 0.3) is 0 Å². The number of Topliss-reactive ketones (excluding diaryl/α,β-unsaturated/α-hetero) is 1. The minimum atomic E-state index is -0.417. The maximum Gasteiger partial charge on any atom is 0.153 e. The van der Waals surface area contributed by atoms with Crippen molar-refractivity contribution in [2.45, 2.75) is 45.9 Å². The summed E-state index contributed by atoms with van der Waals surface area (Å²) in [4.78, 5) is 11.9. The largest absolute Gasteiger partial charge is 0.392 e. The van der Waals surface area contributed by atoms with Crippen LogP contribution in [0.25, 0.3) is 5.70 Å². The normalized spacial score (nSPS) is 13.2. The van der Waals surface area contributed by atoms with Gasteiger partial charge >= 0.3 is 0 Å². The van der Waals surface area contributed by atoms with Gasteiger partial charge in [0.05, 0.1) is 12.6 Å². The zero-order chi connectivity index (χ0) is 20.5. The first-order valence-electron chi connectivity index (χ1n) is 9.49. The molecule has 0 amide bonds. The van der Waals surface area contributed by atoms with Crippen LogP contribution in [-0.2, 0) is 11.4 Å². The summed E-state index contributed by atoms with van der Waals surface area (Å²) in [5, 5.41) is 12.4. The van der Waals surface area contributed by atoms with E-state index in [9.17, 15) is 4.79 Å². The summed E-state index contributed by atoms with van der Waals surface area (Å²) in [5.41, 5.74) is 10.5. The van der Waals surface area contributed by atoms with Crippen molar-refractivity contribution in [1.82, 2.24) is 5.32 Å². The Kier molecular flexibility index (Phi) is 8.01. The molecule has 0 aliphatic rings. The van der Waals surface area contributed by atoms with Crippen molar-refractivity contribution in [2.75, 3.05) is 0 Å². The number of benzene rings is 2. The van der Waals surface area contributed by atoms with Crippen molar-refractivity contribution in [2.24, 2.45) is 5.73 Å². The summed E-state index contributed by atoms with van der Waals surface area (Å²) in [6.45, 7) is 5.47. The summed E-state index contributed by atoms with van der Waals surface area (Å²) in [6, 6.07) is 14.7. The Bertz CT molecular complexity index is 870. The smallest absolute Gasteiger partial charge is 0.153 e. The molecule has 2 aromatic carbocycles. The fourth-order valence-electron chi connectivity index (χ4n) is 2.81. The topological polar surface area (TPSA) is 75.4 Å². The second-order valence-electron chi connectivity index (χ2n) is 6.80. The molecule has 4 N–H and O–H groups in total. The van der Waals surface area contributed by atoms with Gasteiger partial charge in [-0.15, -0.1) is 0 Å². The highest BCUT2D eigenvalue weighted by Crippen LogP contribution is 2.15. The van der Waals surface area contributed by atoms with E-state index in [1.54, 1.807) is 6.92 Å². The fraction of sp³-hybridized carbons (Fsp3) is 0.292. The average molecular weight is 377 g/mol. The standard InChI is InChI=1S/C24H28N2O2/c1-4-5-23(26-24(17(2)25)18(3)28)22-14-12-20(13-15-22)7-6-19-8-10-21(16-27)11-9-19/h5,8-15,17,24,26-27H,4,16,25H2,1-3H3/b23-5+. The van der Waals surface area contributed by atoms with Crippen molar-refractivity contribution >= 4 is 11.5 Å². The van der Waals surface area contributed by atoms with Gasteiger partial charge in [-0.25, -0.2) is 0 Å². The third-order valence-electron chi connectivity index (χ3n) is 4.37. The van der Waals surface area contributed by atoms with E-state index in [0.29, 0.717) is 0 Å². The molecular weight excluding hydrogens is 348 g/mol. The number of aliphatic hydroxyl groups is 1. The Morgan fingerprint density at radius 1 is 1.11 bits per heavy atom. The van der Waals surface area contributed by atoms with Crippen molar-refractivity contribution < 1.29 is 9.90 Å². The molecule has 0 radical (unpaired) electrons. The molecule has 2 atom stereocenters. The Balaban J connectivity index is 2.18. The first kappa shape index (κ1) is 21.4. The highest BCUT2D eigenvalue weighted by atomic mass is 16.3. The van der Waals surface area contributed by atoms with Crippen LogP contribution in [0.2, 0.25) is 0 Å². The molecule has 146 valence electrons.